The number of hydrogen-bond acceptors (Lipinski definition) is 4. The molecule has 2 saturated heterocycles. The Morgan fingerprint density at radius 1 is 1.13 bits per heavy atom. The van der Waals surface area contributed by atoms with Crippen molar-refractivity contribution in [1.82, 2.24) is 0 Å². The van der Waals surface area contributed by atoms with Gasteiger partial charge in [-0.05, 0) is 19.8 Å². The molecule has 0 bridgehead atoms. The molecule has 1 saturated carbocycles. The molecule has 0 unspecified atom stereocenters. The predicted octanol–water partition coefficient (Wildman–Crippen LogP) is 1.17. The van der Waals surface area contributed by atoms with Crippen LogP contribution in [0.4, 0.5) is 0 Å². The summed E-state index contributed by atoms with van der Waals surface area (Å²) in [5.74, 6) is -0.450. The third kappa shape index (κ3) is 1.51. The Bertz CT molecular complexity index is 249. The molecule has 1 spiro atoms. The van der Waals surface area contributed by atoms with E-state index in [1.54, 1.807) is 0 Å². The molecule has 2 aliphatic heterocycles. The van der Waals surface area contributed by atoms with Gasteiger partial charge in [-0.15, -0.1) is 0 Å². The first-order valence-electron chi connectivity index (χ1n) is 5.89. The van der Waals surface area contributed by atoms with E-state index in [-0.39, 0.29) is 18.5 Å². The molecular weight excluding hydrogens is 196 g/mol. The molecule has 4 atom stereocenters. The maximum absolute atomic E-state index is 9.85. The van der Waals surface area contributed by atoms with Crippen molar-refractivity contribution in [3.8, 4) is 0 Å². The molecule has 0 radical (unpaired) electrons. The third-order valence-electron chi connectivity index (χ3n) is 3.73. The van der Waals surface area contributed by atoms with Crippen LogP contribution in [0.5, 0.6) is 0 Å². The Hall–Kier alpha value is -0.160. The molecule has 3 fully saturated rings. The van der Waals surface area contributed by atoms with Crippen molar-refractivity contribution in [2.24, 2.45) is 0 Å². The number of ether oxygens (including phenoxy) is 3. The van der Waals surface area contributed by atoms with Crippen LogP contribution in [0.3, 0.4) is 0 Å². The van der Waals surface area contributed by atoms with Crippen LogP contribution in [0, 0.1) is 0 Å². The van der Waals surface area contributed by atoms with E-state index in [0.29, 0.717) is 0 Å². The number of fused-ring (bicyclic) bond motifs is 1. The zero-order valence-electron chi connectivity index (χ0n) is 9.02. The monoisotopic (exact) mass is 214 g/mol. The van der Waals surface area contributed by atoms with Crippen LogP contribution in [0.2, 0.25) is 0 Å². The van der Waals surface area contributed by atoms with Crippen LogP contribution in [0.15, 0.2) is 0 Å². The molecule has 2 heterocycles. The van der Waals surface area contributed by atoms with Gasteiger partial charge >= 0.3 is 0 Å². The van der Waals surface area contributed by atoms with E-state index in [2.05, 4.69) is 0 Å². The van der Waals surface area contributed by atoms with Crippen LogP contribution in [-0.4, -0.2) is 35.5 Å². The zero-order valence-corrected chi connectivity index (χ0v) is 9.02. The lowest BCUT2D eigenvalue weighted by Crippen LogP contribution is -2.38. The second-order valence-corrected chi connectivity index (χ2v) is 4.87. The number of hydrogen-bond donors (Lipinski definition) is 1. The van der Waals surface area contributed by atoms with Gasteiger partial charge in [0.1, 0.15) is 12.2 Å². The van der Waals surface area contributed by atoms with E-state index >= 15 is 0 Å². The summed E-state index contributed by atoms with van der Waals surface area (Å²) in [7, 11) is 0. The van der Waals surface area contributed by atoms with E-state index in [1.165, 1.54) is 6.42 Å². The molecule has 0 aromatic heterocycles. The van der Waals surface area contributed by atoms with Crippen molar-refractivity contribution in [1.29, 1.82) is 0 Å². The zero-order chi connectivity index (χ0) is 10.5. The van der Waals surface area contributed by atoms with Gasteiger partial charge in [-0.3, -0.25) is 0 Å². The molecule has 86 valence electrons. The summed E-state index contributed by atoms with van der Waals surface area (Å²) < 4.78 is 17.3. The van der Waals surface area contributed by atoms with Crippen LogP contribution in [0.1, 0.15) is 39.0 Å². The molecule has 3 rings (SSSR count). The number of aliphatic hydroxyl groups excluding tert-OH is 1. The Kier molecular flexibility index (Phi) is 2.28. The maximum atomic E-state index is 9.85. The smallest absolute Gasteiger partial charge is 0.190 e. The molecule has 3 aliphatic rings. The van der Waals surface area contributed by atoms with Crippen LogP contribution >= 0.6 is 0 Å². The largest absolute Gasteiger partial charge is 0.387 e. The van der Waals surface area contributed by atoms with Gasteiger partial charge in [-0.1, -0.05) is 6.42 Å². The molecule has 15 heavy (non-hydrogen) atoms. The van der Waals surface area contributed by atoms with Crippen LogP contribution in [0.25, 0.3) is 0 Å². The first kappa shape index (κ1) is 10.0. The minimum atomic E-state index is -0.545. The molecule has 4 heteroatoms. The van der Waals surface area contributed by atoms with Gasteiger partial charge in [0, 0.05) is 12.8 Å². The topological polar surface area (TPSA) is 47.9 Å². The number of rotatable bonds is 0. The highest BCUT2D eigenvalue weighted by molar-refractivity contribution is 4.94. The number of aliphatic hydroxyl groups is 1. The van der Waals surface area contributed by atoms with Gasteiger partial charge in [0.2, 0.25) is 0 Å². The third-order valence-corrected chi connectivity index (χ3v) is 3.73. The van der Waals surface area contributed by atoms with Crippen molar-refractivity contribution in [2.45, 2.75) is 69.4 Å². The SMILES string of the molecule is C[C@H]1O[C@@H]2OC3(CCCCC3)O[C@@H]2[C@H]1O. The predicted molar refractivity (Wildman–Crippen MR) is 52.1 cm³/mol. The van der Waals surface area contributed by atoms with Gasteiger partial charge in [0.05, 0.1) is 6.10 Å². The standard InChI is InChI=1S/C11H18O4/c1-7-8(12)9-10(13-7)15-11(14-9)5-3-2-4-6-11/h7-10,12H,2-6H2,1H3/t7-,8+,9-,10-/m1/s1. The van der Waals surface area contributed by atoms with Gasteiger partial charge in [0.25, 0.3) is 0 Å². The normalized spacial score (nSPS) is 48.4. The second-order valence-electron chi connectivity index (χ2n) is 4.87. The molecule has 4 nitrogen and oxygen atoms in total. The van der Waals surface area contributed by atoms with Gasteiger partial charge in [-0.2, -0.15) is 0 Å². The molecule has 1 N–H and O–H groups in total. The fraction of sp³-hybridized carbons (Fsp3) is 1.00. The van der Waals surface area contributed by atoms with Crippen molar-refractivity contribution >= 4 is 0 Å². The summed E-state index contributed by atoms with van der Waals surface area (Å²) in [5.41, 5.74) is 0. The van der Waals surface area contributed by atoms with Gasteiger partial charge in [-0.25, -0.2) is 0 Å². The summed E-state index contributed by atoms with van der Waals surface area (Å²) in [6, 6.07) is 0. The Morgan fingerprint density at radius 3 is 2.53 bits per heavy atom. The van der Waals surface area contributed by atoms with Crippen molar-refractivity contribution in [3.05, 3.63) is 0 Å². The molecule has 0 amide bonds. The average molecular weight is 214 g/mol. The first-order valence-corrected chi connectivity index (χ1v) is 5.89. The van der Waals surface area contributed by atoms with Gasteiger partial charge < -0.3 is 19.3 Å². The minimum Gasteiger partial charge on any atom is -0.387 e. The fourth-order valence-corrected chi connectivity index (χ4v) is 2.83. The highest BCUT2D eigenvalue weighted by Gasteiger charge is 2.56. The summed E-state index contributed by atoms with van der Waals surface area (Å²) in [4.78, 5) is 0. The minimum absolute atomic E-state index is 0.180. The molecule has 0 aromatic carbocycles. The lowest BCUT2D eigenvalue weighted by Gasteiger charge is -2.33. The van der Waals surface area contributed by atoms with Crippen molar-refractivity contribution in [3.63, 3.8) is 0 Å². The van der Waals surface area contributed by atoms with E-state index in [1.807, 2.05) is 6.92 Å². The summed E-state index contributed by atoms with van der Waals surface area (Å²) >= 11 is 0. The molecular formula is C11H18O4. The lowest BCUT2D eigenvalue weighted by atomic mass is 9.94. The highest BCUT2D eigenvalue weighted by Crippen LogP contribution is 2.44. The highest BCUT2D eigenvalue weighted by atomic mass is 16.8. The summed E-state index contributed by atoms with van der Waals surface area (Å²) in [6.45, 7) is 1.85. The van der Waals surface area contributed by atoms with E-state index < -0.39 is 11.9 Å². The quantitative estimate of drug-likeness (QED) is 0.657. The van der Waals surface area contributed by atoms with E-state index in [0.717, 1.165) is 25.7 Å². The second kappa shape index (κ2) is 3.42. The first-order chi connectivity index (χ1) is 7.20. The Morgan fingerprint density at radius 2 is 1.87 bits per heavy atom. The van der Waals surface area contributed by atoms with Crippen molar-refractivity contribution in [2.75, 3.05) is 0 Å². The van der Waals surface area contributed by atoms with Crippen molar-refractivity contribution < 1.29 is 19.3 Å². The van der Waals surface area contributed by atoms with E-state index in [4.69, 9.17) is 14.2 Å². The van der Waals surface area contributed by atoms with Gasteiger partial charge in [0.15, 0.2) is 12.1 Å². The summed E-state index contributed by atoms with van der Waals surface area (Å²) in [6.07, 6.45) is 4.05. The van der Waals surface area contributed by atoms with Crippen LogP contribution in [-0.2, 0) is 14.2 Å². The Balaban J connectivity index is 1.74. The molecule has 1 aliphatic carbocycles. The van der Waals surface area contributed by atoms with E-state index in [9.17, 15) is 5.11 Å². The lowest BCUT2D eigenvalue weighted by molar-refractivity contribution is -0.244. The average Bonchev–Trinajstić information content (AvgIpc) is 2.67. The molecule has 0 aromatic rings. The maximum Gasteiger partial charge on any atom is 0.190 e. The fourth-order valence-electron chi connectivity index (χ4n) is 2.83. The van der Waals surface area contributed by atoms with Crippen LogP contribution < -0.4 is 0 Å². The Labute approximate surface area is 89.5 Å². The summed E-state index contributed by atoms with van der Waals surface area (Å²) in [5, 5.41) is 9.85.